The molecule has 2 saturated carbocycles. The van der Waals surface area contributed by atoms with Crippen molar-refractivity contribution in [2.45, 2.75) is 89.3 Å². The highest BCUT2D eigenvalue weighted by Crippen LogP contribution is 2.41. The minimum atomic E-state index is -3.71. The summed E-state index contributed by atoms with van der Waals surface area (Å²) in [5.74, 6) is 1.14. The fourth-order valence-electron chi connectivity index (χ4n) is 5.70. The van der Waals surface area contributed by atoms with E-state index in [4.69, 9.17) is 4.74 Å². The summed E-state index contributed by atoms with van der Waals surface area (Å²) in [6, 6.07) is 11.9. The normalized spacial score (nSPS) is 26.7. The van der Waals surface area contributed by atoms with Gasteiger partial charge in [0, 0.05) is 0 Å². The second-order valence-corrected chi connectivity index (χ2v) is 10.5. The molecule has 0 spiro atoms. The lowest BCUT2D eigenvalue weighted by Crippen LogP contribution is -2.22. The smallest absolute Gasteiger partial charge is 0.309 e. The number of halogens is 3. The number of benzene rings is 2. The summed E-state index contributed by atoms with van der Waals surface area (Å²) in [4.78, 5) is 0. The van der Waals surface area contributed by atoms with Gasteiger partial charge in [-0.3, -0.25) is 0 Å². The molecule has 0 N–H and O–H groups in total. The van der Waals surface area contributed by atoms with Crippen molar-refractivity contribution < 1.29 is 17.9 Å². The highest BCUT2D eigenvalue weighted by molar-refractivity contribution is 5.30. The van der Waals surface area contributed by atoms with Gasteiger partial charge in [-0.1, -0.05) is 56.2 Å². The van der Waals surface area contributed by atoms with Crippen LogP contribution in [0.3, 0.4) is 0 Å². The standard InChI is InChI=1S/C30H37F3O/c1-4-22-7-11-26(12-8-22)27-17-18-28(29(31)19-27)30(32,33)34-21(3)23-13-15-25(16-14-23)24-9-5-20(2)6-10-24/h4,13-22,24,26H,1,5-12H2,2-3H3. The topological polar surface area (TPSA) is 9.23 Å². The van der Waals surface area contributed by atoms with Crippen molar-refractivity contribution in [2.24, 2.45) is 11.8 Å². The molecule has 2 aliphatic rings. The van der Waals surface area contributed by atoms with Gasteiger partial charge in [-0.2, -0.15) is 8.78 Å². The third kappa shape index (κ3) is 5.76. The van der Waals surface area contributed by atoms with Crippen molar-refractivity contribution in [3.63, 3.8) is 0 Å². The zero-order chi connectivity index (χ0) is 24.3. The van der Waals surface area contributed by atoms with Gasteiger partial charge in [-0.15, -0.1) is 6.58 Å². The molecule has 184 valence electrons. The fraction of sp³-hybridized carbons (Fsp3) is 0.533. The van der Waals surface area contributed by atoms with Crippen molar-refractivity contribution in [2.75, 3.05) is 0 Å². The number of rotatable bonds is 7. The van der Waals surface area contributed by atoms with Crippen LogP contribution < -0.4 is 0 Å². The minimum Gasteiger partial charge on any atom is -0.309 e. The molecule has 1 atom stereocenters. The molecule has 0 amide bonds. The van der Waals surface area contributed by atoms with E-state index in [0.29, 0.717) is 17.4 Å². The van der Waals surface area contributed by atoms with Gasteiger partial charge < -0.3 is 4.74 Å². The third-order valence-corrected chi connectivity index (χ3v) is 8.10. The van der Waals surface area contributed by atoms with E-state index in [1.54, 1.807) is 13.0 Å². The first-order chi connectivity index (χ1) is 16.3. The lowest BCUT2D eigenvalue weighted by Gasteiger charge is -2.28. The van der Waals surface area contributed by atoms with Gasteiger partial charge in [-0.05, 0) is 97.9 Å². The Morgan fingerprint density at radius 2 is 1.44 bits per heavy atom. The Bertz CT molecular complexity index is 952. The molecular weight excluding hydrogens is 433 g/mol. The molecule has 2 aromatic rings. The maximum atomic E-state index is 15.0. The van der Waals surface area contributed by atoms with Crippen LogP contribution in [0.5, 0.6) is 0 Å². The summed E-state index contributed by atoms with van der Waals surface area (Å²) in [5.41, 5.74) is 2.03. The van der Waals surface area contributed by atoms with Crippen molar-refractivity contribution in [1.29, 1.82) is 0 Å². The summed E-state index contributed by atoms with van der Waals surface area (Å²) in [7, 11) is 0. The van der Waals surface area contributed by atoms with E-state index in [0.717, 1.165) is 37.2 Å². The number of alkyl halides is 2. The molecule has 0 aliphatic heterocycles. The largest absolute Gasteiger partial charge is 0.386 e. The van der Waals surface area contributed by atoms with Crippen molar-refractivity contribution in [3.8, 4) is 0 Å². The molecule has 0 heterocycles. The van der Waals surface area contributed by atoms with Gasteiger partial charge in [0.25, 0.3) is 0 Å². The molecule has 2 aromatic carbocycles. The Hall–Kier alpha value is -2.07. The van der Waals surface area contributed by atoms with Gasteiger partial charge >= 0.3 is 6.11 Å². The van der Waals surface area contributed by atoms with Crippen LogP contribution in [0.15, 0.2) is 55.1 Å². The Morgan fingerprint density at radius 1 is 0.882 bits per heavy atom. The van der Waals surface area contributed by atoms with Gasteiger partial charge in [0.1, 0.15) is 5.82 Å². The molecule has 1 unspecified atom stereocenters. The fourth-order valence-corrected chi connectivity index (χ4v) is 5.70. The Kier molecular flexibility index (Phi) is 7.87. The van der Waals surface area contributed by atoms with Crippen LogP contribution in [0.2, 0.25) is 0 Å². The number of hydrogen-bond donors (Lipinski definition) is 0. The monoisotopic (exact) mass is 470 g/mol. The Labute approximate surface area is 202 Å². The maximum Gasteiger partial charge on any atom is 0.386 e. The first-order valence-corrected chi connectivity index (χ1v) is 12.8. The molecule has 2 fully saturated rings. The molecule has 4 heteroatoms. The van der Waals surface area contributed by atoms with Crippen LogP contribution in [0.25, 0.3) is 0 Å². The van der Waals surface area contributed by atoms with Crippen molar-refractivity contribution in [3.05, 3.63) is 83.2 Å². The minimum absolute atomic E-state index is 0.208. The first-order valence-electron chi connectivity index (χ1n) is 12.8. The van der Waals surface area contributed by atoms with Gasteiger partial charge in [0.05, 0.1) is 11.7 Å². The molecule has 0 saturated heterocycles. The number of hydrogen-bond acceptors (Lipinski definition) is 1. The van der Waals surface area contributed by atoms with Gasteiger partial charge in [0.2, 0.25) is 0 Å². The van der Waals surface area contributed by atoms with E-state index < -0.39 is 23.6 Å². The van der Waals surface area contributed by atoms with Crippen LogP contribution in [-0.4, -0.2) is 0 Å². The average Bonchev–Trinajstić information content (AvgIpc) is 2.84. The summed E-state index contributed by atoms with van der Waals surface area (Å²) in [6.45, 7) is 7.74. The van der Waals surface area contributed by atoms with Crippen LogP contribution in [0.4, 0.5) is 13.2 Å². The highest BCUT2D eigenvalue weighted by atomic mass is 19.3. The number of allylic oxidation sites excluding steroid dienone is 1. The molecule has 34 heavy (non-hydrogen) atoms. The first kappa shape index (κ1) is 25.0. The van der Waals surface area contributed by atoms with E-state index in [1.807, 2.05) is 30.3 Å². The van der Waals surface area contributed by atoms with Crippen molar-refractivity contribution >= 4 is 0 Å². The van der Waals surface area contributed by atoms with Gasteiger partial charge in [0.15, 0.2) is 0 Å². The molecule has 4 rings (SSSR count). The molecule has 2 aliphatic carbocycles. The Balaban J connectivity index is 1.40. The maximum absolute atomic E-state index is 15.0. The molecular formula is C30H37F3O. The molecule has 1 nitrogen and oxygen atoms in total. The zero-order valence-corrected chi connectivity index (χ0v) is 20.4. The van der Waals surface area contributed by atoms with Crippen LogP contribution in [-0.2, 0) is 10.8 Å². The van der Waals surface area contributed by atoms with E-state index in [-0.39, 0.29) is 5.92 Å². The van der Waals surface area contributed by atoms with E-state index >= 15 is 0 Å². The predicted octanol–water partition coefficient (Wildman–Crippen LogP) is 9.41. The van der Waals surface area contributed by atoms with Gasteiger partial charge in [-0.25, -0.2) is 4.39 Å². The molecule has 0 aromatic heterocycles. The highest BCUT2D eigenvalue weighted by Gasteiger charge is 2.38. The van der Waals surface area contributed by atoms with Crippen molar-refractivity contribution in [1.82, 2.24) is 0 Å². The Morgan fingerprint density at radius 3 is 2.03 bits per heavy atom. The van der Waals surface area contributed by atoms with E-state index in [9.17, 15) is 13.2 Å². The lowest BCUT2D eigenvalue weighted by molar-refractivity contribution is -0.273. The quantitative estimate of drug-likeness (QED) is 0.366. The summed E-state index contributed by atoms with van der Waals surface area (Å²) < 4.78 is 49.8. The summed E-state index contributed by atoms with van der Waals surface area (Å²) in [6.07, 6.45) is 6.10. The van der Waals surface area contributed by atoms with Crippen LogP contribution >= 0.6 is 0 Å². The molecule has 0 radical (unpaired) electrons. The lowest BCUT2D eigenvalue weighted by atomic mass is 9.78. The average molecular weight is 471 g/mol. The number of ether oxygens (including phenoxy) is 1. The third-order valence-electron chi connectivity index (χ3n) is 8.10. The molecule has 0 bridgehead atoms. The summed E-state index contributed by atoms with van der Waals surface area (Å²) >= 11 is 0. The van der Waals surface area contributed by atoms with E-state index in [1.165, 1.54) is 43.4 Å². The SMILES string of the molecule is C=CC1CCC(c2ccc(C(F)(F)OC(C)c3ccc(C4CCC(C)CC4)cc3)c(F)c2)CC1. The zero-order valence-electron chi connectivity index (χ0n) is 20.4. The van der Waals surface area contributed by atoms with Crippen LogP contribution in [0, 0.1) is 17.7 Å². The summed E-state index contributed by atoms with van der Waals surface area (Å²) in [5, 5.41) is 0. The second kappa shape index (κ2) is 10.7. The second-order valence-electron chi connectivity index (χ2n) is 10.5. The van der Waals surface area contributed by atoms with Crippen LogP contribution in [0.1, 0.15) is 105 Å². The predicted molar refractivity (Wildman–Crippen MR) is 132 cm³/mol. The van der Waals surface area contributed by atoms with E-state index in [2.05, 4.69) is 13.5 Å².